The van der Waals surface area contributed by atoms with Crippen molar-refractivity contribution in [3.8, 4) is 17.6 Å². The molecule has 108 valence electrons. The van der Waals surface area contributed by atoms with Crippen molar-refractivity contribution in [2.75, 3.05) is 13.2 Å². The molecule has 0 bridgehead atoms. The van der Waals surface area contributed by atoms with Gasteiger partial charge >= 0.3 is 0 Å². The molecule has 0 fully saturated rings. The normalized spacial score (nSPS) is 11.5. The number of nitrogens with zero attached hydrogens (tertiary/aromatic N) is 1. The number of halogens is 1. The molecule has 0 saturated carbocycles. The van der Waals surface area contributed by atoms with Crippen LogP contribution in [0.4, 0.5) is 0 Å². The molecule has 0 amide bonds. The molecule has 0 radical (unpaired) electrons. The Morgan fingerprint density at radius 3 is 1.90 bits per heavy atom. The fourth-order valence-corrected chi connectivity index (χ4v) is 1.72. The maximum Gasteiger partial charge on any atom is 0.122 e. The summed E-state index contributed by atoms with van der Waals surface area (Å²) in [4.78, 5) is 0. The summed E-state index contributed by atoms with van der Waals surface area (Å²) >= 11 is 5.77. The number of hydrogen-bond donors (Lipinski definition) is 1. The third-order valence-corrected chi connectivity index (χ3v) is 2.93. The standard InChI is InChI=1S/C16H14ClNO3/c17-13-3-7-16(8-4-13)21-11-14(19)10-20-15-5-1-12(9-18)2-6-15/h1-8,14,19H,10-11H2/t14-/m0/s1. The molecular formula is C16H14ClNO3. The van der Waals surface area contributed by atoms with Crippen molar-refractivity contribution in [2.45, 2.75) is 6.10 Å². The predicted octanol–water partition coefficient (Wildman–Crippen LogP) is 3.03. The average molecular weight is 304 g/mol. The van der Waals surface area contributed by atoms with Crippen LogP contribution in [0.25, 0.3) is 0 Å². The van der Waals surface area contributed by atoms with E-state index in [9.17, 15) is 5.11 Å². The van der Waals surface area contributed by atoms with E-state index in [4.69, 9.17) is 26.3 Å². The summed E-state index contributed by atoms with van der Waals surface area (Å²) in [6, 6.07) is 15.6. The van der Waals surface area contributed by atoms with Crippen molar-refractivity contribution >= 4 is 11.6 Å². The maximum atomic E-state index is 9.80. The highest BCUT2D eigenvalue weighted by atomic mass is 35.5. The van der Waals surface area contributed by atoms with Crippen LogP contribution in [-0.4, -0.2) is 24.4 Å². The minimum atomic E-state index is -0.753. The van der Waals surface area contributed by atoms with E-state index < -0.39 is 6.10 Å². The third-order valence-electron chi connectivity index (χ3n) is 2.68. The summed E-state index contributed by atoms with van der Waals surface area (Å²) in [5.41, 5.74) is 0.564. The van der Waals surface area contributed by atoms with Gasteiger partial charge in [-0.3, -0.25) is 0 Å². The first-order valence-corrected chi connectivity index (χ1v) is 6.74. The lowest BCUT2D eigenvalue weighted by Crippen LogP contribution is -2.25. The van der Waals surface area contributed by atoms with Gasteiger partial charge in [-0.2, -0.15) is 5.26 Å². The van der Waals surface area contributed by atoms with E-state index in [1.165, 1.54) is 0 Å². The van der Waals surface area contributed by atoms with Crippen molar-refractivity contribution in [1.82, 2.24) is 0 Å². The lowest BCUT2D eigenvalue weighted by molar-refractivity contribution is 0.0626. The first-order chi connectivity index (χ1) is 10.2. The number of hydrogen-bond acceptors (Lipinski definition) is 4. The molecule has 2 aromatic rings. The zero-order valence-corrected chi connectivity index (χ0v) is 12.0. The van der Waals surface area contributed by atoms with Crippen molar-refractivity contribution in [1.29, 1.82) is 5.26 Å². The Labute approximate surface area is 128 Å². The van der Waals surface area contributed by atoms with Crippen LogP contribution in [0.1, 0.15) is 5.56 Å². The molecule has 0 saturated heterocycles. The van der Waals surface area contributed by atoms with E-state index in [1.54, 1.807) is 48.5 Å². The van der Waals surface area contributed by atoms with E-state index in [2.05, 4.69) is 0 Å². The van der Waals surface area contributed by atoms with Gasteiger partial charge in [0.25, 0.3) is 0 Å². The van der Waals surface area contributed by atoms with Crippen LogP contribution in [0.5, 0.6) is 11.5 Å². The number of ether oxygens (including phenoxy) is 2. The van der Waals surface area contributed by atoms with Gasteiger partial charge < -0.3 is 14.6 Å². The van der Waals surface area contributed by atoms with Crippen LogP contribution in [0.15, 0.2) is 48.5 Å². The van der Waals surface area contributed by atoms with Gasteiger partial charge in [0.05, 0.1) is 11.6 Å². The van der Waals surface area contributed by atoms with Crippen molar-refractivity contribution in [2.24, 2.45) is 0 Å². The minimum Gasteiger partial charge on any atom is -0.491 e. The van der Waals surface area contributed by atoms with Gasteiger partial charge in [0.15, 0.2) is 0 Å². The Balaban J connectivity index is 1.75. The first-order valence-electron chi connectivity index (χ1n) is 6.37. The highest BCUT2D eigenvalue weighted by Crippen LogP contribution is 2.16. The fraction of sp³-hybridized carbons (Fsp3) is 0.188. The molecule has 1 N–H and O–H groups in total. The smallest absolute Gasteiger partial charge is 0.122 e. The Kier molecular flexibility index (Phi) is 5.44. The zero-order chi connectivity index (χ0) is 15.1. The summed E-state index contributed by atoms with van der Waals surface area (Å²) in [6.45, 7) is 0.234. The van der Waals surface area contributed by atoms with Gasteiger partial charge in [0.1, 0.15) is 30.8 Å². The number of benzene rings is 2. The molecule has 0 heterocycles. The van der Waals surface area contributed by atoms with Gasteiger partial charge in [0, 0.05) is 5.02 Å². The number of aliphatic hydroxyl groups is 1. The maximum absolute atomic E-state index is 9.80. The first kappa shape index (κ1) is 15.2. The van der Waals surface area contributed by atoms with Crippen molar-refractivity contribution in [3.63, 3.8) is 0 Å². The van der Waals surface area contributed by atoms with E-state index in [1.807, 2.05) is 6.07 Å². The molecule has 0 aliphatic carbocycles. The van der Waals surface area contributed by atoms with E-state index in [0.717, 1.165) is 0 Å². The molecule has 1 atom stereocenters. The SMILES string of the molecule is N#Cc1ccc(OC[C@H](O)COc2ccc(Cl)cc2)cc1. The molecule has 0 spiro atoms. The zero-order valence-electron chi connectivity index (χ0n) is 11.2. The summed E-state index contributed by atoms with van der Waals surface area (Å²) in [5, 5.41) is 19.1. The highest BCUT2D eigenvalue weighted by molar-refractivity contribution is 6.30. The Morgan fingerprint density at radius 2 is 1.43 bits per heavy atom. The molecule has 2 aromatic carbocycles. The molecule has 0 unspecified atom stereocenters. The molecule has 21 heavy (non-hydrogen) atoms. The van der Waals surface area contributed by atoms with Crippen LogP contribution in [0.2, 0.25) is 5.02 Å². The number of aliphatic hydroxyl groups excluding tert-OH is 1. The monoisotopic (exact) mass is 303 g/mol. The van der Waals surface area contributed by atoms with Crippen molar-refractivity contribution in [3.05, 3.63) is 59.1 Å². The van der Waals surface area contributed by atoms with Crippen molar-refractivity contribution < 1.29 is 14.6 Å². The van der Waals surface area contributed by atoms with Gasteiger partial charge in [-0.1, -0.05) is 11.6 Å². The van der Waals surface area contributed by atoms with E-state index >= 15 is 0 Å². The Bertz CT molecular complexity index is 605. The summed E-state index contributed by atoms with van der Waals surface area (Å²) < 4.78 is 10.8. The lowest BCUT2D eigenvalue weighted by atomic mass is 10.2. The second-order valence-electron chi connectivity index (χ2n) is 4.37. The van der Waals surface area contributed by atoms with E-state index in [0.29, 0.717) is 22.1 Å². The third kappa shape index (κ3) is 4.99. The molecule has 2 rings (SSSR count). The van der Waals surface area contributed by atoms with Crippen LogP contribution < -0.4 is 9.47 Å². The fourth-order valence-electron chi connectivity index (χ4n) is 1.59. The molecule has 0 aliphatic heterocycles. The van der Waals surface area contributed by atoms with Gasteiger partial charge in [0.2, 0.25) is 0 Å². The van der Waals surface area contributed by atoms with Crippen LogP contribution in [0.3, 0.4) is 0 Å². The molecular weight excluding hydrogens is 290 g/mol. The second kappa shape index (κ2) is 7.53. The van der Waals surface area contributed by atoms with E-state index in [-0.39, 0.29) is 13.2 Å². The summed E-state index contributed by atoms with van der Waals surface area (Å²) in [6.07, 6.45) is -0.753. The van der Waals surface area contributed by atoms with Crippen LogP contribution in [0, 0.1) is 11.3 Å². The number of rotatable bonds is 6. The molecule has 4 nitrogen and oxygen atoms in total. The lowest BCUT2D eigenvalue weighted by Gasteiger charge is -2.13. The number of nitriles is 1. The summed E-state index contributed by atoms with van der Waals surface area (Å²) in [5.74, 6) is 1.23. The minimum absolute atomic E-state index is 0.111. The quantitative estimate of drug-likeness (QED) is 0.891. The van der Waals surface area contributed by atoms with Gasteiger partial charge in [-0.05, 0) is 48.5 Å². The highest BCUT2D eigenvalue weighted by Gasteiger charge is 2.07. The average Bonchev–Trinajstić information content (AvgIpc) is 2.53. The van der Waals surface area contributed by atoms with Crippen LogP contribution >= 0.6 is 11.6 Å². The van der Waals surface area contributed by atoms with Gasteiger partial charge in [-0.25, -0.2) is 0 Å². The largest absolute Gasteiger partial charge is 0.491 e. The van der Waals surface area contributed by atoms with Crippen LogP contribution in [-0.2, 0) is 0 Å². The molecule has 0 aliphatic rings. The van der Waals surface area contributed by atoms with Gasteiger partial charge in [-0.15, -0.1) is 0 Å². The molecule has 5 heteroatoms. The summed E-state index contributed by atoms with van der Waals surface area (Å²) in [7, 11) is 0. The Morgan fingerprint density at radius 1 is 0.952 bits per heavy atom. The topological polar surface area (TPSA) is 62.5 Å². The predicted molar refractivity (Wildman–Crippen MR) is 79.6 cm³/mol. The Hall–Kier alpha value is -2.22. The second-order valence-corrected chi connectivity index (χ2v) is 4.80. The molecule has 0 aromatic heterocycles.